The molecule has 1 aromatic carbocycles. The van der Waals surface area contributed by atoms with E-state index in [-0.39, 0.29) is 31.5 Å². The molecule has 0 radical (unpaired) electrons. The zero-order valence-corrected chi connectivity index (χ0v) is 17.0. The van der Waals surface area contributed by atoms with E-state index in [1.807, 2.05) is 24.3 Å². The Hall–Kier alpha value is -1.36. The predicted molar refractivity (Wildman–Crippen MR) is 98.7 cm³/mol. The van der Waals surface area contributed by atoms with Gasteiger partial charge in [-0.3, -0.25) is 0 Å². The molecule has 0 saturated carbocycles. The van der Waals surface area contributed by atoms with E-state index >= 15 is 0 Å². The average Bonchev–Trinajstić information content (AvgIpc) is 3.10. The molecule has 0 bridgehead atoms. The van der Waals surface area contributed by atoms with Crippen LogP contribution in [0.1, 0.15) is 19.4 Å². The fraction of sp³-hybridized carbons (Fsp3) is 0.500. The van der Waals surface area contributed by atoms with Crippen LogP contribution in [-0.4, -0.2) is 44.5 Å². The second kappa shape index (κ2) is 8.12. The molecule has 142 valence electrons. The van der Waals surface area contributed by atoms with Gasteiger partial charge in [0.25, 0.3) is 0 Å². The number of rotatable bonds is 7. The molecular weight excluding hydrogens is 455 g/mol. The standard InChI is InChI=1S/C18H21IO7/c1-18(2)24-9-13(26-18)14-15(23-10-21-3)16(17(20)25-14)22-8-11-5-4-6-12(19)7-11/h4-7,13-14H,8-10H2,1-3H3/t13-,14+/m0/s1. The number of cyclic esters (lactones) is 1. The molecule has 1 saturated heterocycles. The minimum Gasteiger partial charge on any atom is -0.479 e. The largest absolute Gasteiger partial charge is 0.479 e. The molecule has 0 unspecified atom stereocenters. The summed E-state index contributed by atoms with van der Waals surface area (Å²) in [6.45, 7) is 4.08. The summed E-state index contributed by atoms with van der Waals surface area (Å²) in [6.07, 6.45) is -1.20. The zero-order valence-electron chi connectivity index (χ0n) is 14.8. The van der Waals surface area contributed by atoms with Crippen molar-refractivity contribution in [3.05, 3.63) is 44.9 Å². The fourth-order valence-corrected chi connectivity index (χ4v) is 3.35. The molecule has 1 fully saturated rings. The molecule has 2 aliphatic rings. The van der Waals surface area contributed by atoms with Gasteiger partial charge in [0.15, 0.2) is 24.4 Å². The van der Waals surface area contributed by atoms with E-state index in [1.165, 1.54) is 7.11 Å². The van der Waals surface area contributed by atoms with Gasteiger partial charge in [-0.05, 0) is 54.1 Å². The van der Waals surface area contributed by atoms with E-state index < -0.39 is 24.0 Å². The van der Waals surface area contributed by atoms with Crippen LogP contribution in [0.2, 0.25) is 0 Å². The van der Waals surface area contributed by atoms with Crippen molar-refractivity contribution in [2.75, 3.05) is 20.5 Å². The van der Waals surface area contributed by atoms with Crippen LogP contribution in [0.5, 0.6) is 0 Å². The van der Waals surface area contributed by atoms with Gasteiger partial charge in [0, 0.05) is 10.7 Å². The summed E-state index contributed by atoms with van der Waals surface area (Å²) >= 11 is 2.22. The summed E-state index contributed by atoms with van der Waals surface area (Å²) < 4.78 is 34.2. The Morgan fingerprint density at radius 2 is 2.12 bits per heavy atom. The lowest BCUT2D eigenvalue weighted by Crippen LogP contribution is -2.33. The first-order valence-electron chi connectivity index (χ1n) is 8.15. The number of carbonyl (C=O) groups is 1. The molecule has 0 N–H and O–H groups in total. The maximum Gasteiger partial charge on any atom is 0.378 e. The third-order valence-electron chi connectivity index (χ3n) is 3.87. The van der Waals surface area contributed by atoms with Gasteiger partial charge in [-0.15, -0.1) is 0 Å². The third kappa shape index (κ3) is 4.48. The van der Waals surface area contributed by atoms with Crippen LogP contribution in [-0.2, 0) is 39.8 Å². The monoisotopic (exact) mass is 476 g/mol. The molecule has 8 heteroatoms. The highest BCUT2D eigenvalue weighted by Crippen LogP contribution is 2.34. The van der Waals surface area contributed by atoms with Crippen LogP contribution >= 0.6 is 22.6 Å². The molecule has 1 aromatic rings. The van der Waals surface area contributed by atoms with Gasteiger partial charge in [0.1, 0.15) is 12.7 Å². The van der Waals surface area contributed by atoms with E-state index in [1.54, 1.807) is 13.8 Å². The van der Waals surface area contributed by atoms with E-state index in [9.17, 15) is 4.79 Å². The highest BCUT2D eigenvalue weighted by atomic mass is 127. The van der Waals surface area contributed by atoms with Gasteiger partial charge in [-0.1, -0.05) is 12.1 Å². The van der Waals surface area contributed by atoms with Crippen LogP contribution in [0, 0.1) is 3.57 Å². The number of halogens is 1. The summed E-state index contributed by atoms with van der Waals surface area (Å²) in [5.74, 6) is -1.01. The molecular formula is C18H21IO7. The van der Waals surface area contributed by atoms with Crippen molar-refractivity contribution in [2.24, 2.45) is 0 Å². The summed E-state index contributed by atoms with van der Waals surface area (Å²) in [6, 6.07) is 7.81. The Bertz CT molecular complexity index is 701. The maximum absolute atomic E-state index is 12.3. The number of ether oxygens (including phenoxy) is 6. The molecule has 26 heavy (non-hydrogen) atoms. The topological polar surface area (TPSA) is 72.5 Å². The second-order valence-electron chi connectivity index (χ2n) is 6.36. The van der Waals surface area contributed by atoms with Crippen molar-refractivity contribution >= 4 is 28.6 Å². The van der Waals surface area contributed by atoms with Crippen molar-refractivity contribution in [1.82, 2.24) is 0 Å². The summed E-state index contributed by atoms with van der Waals surface area (Å²) in [4.78, 5) is 12.3. The lowest BCUT2D eigenvalue weighted by molar-refractivity contribution is -0.165. The van der Waals surface area contributed by atoms with Crippen LogP contribution in [0.3, 0.4) is 0 Å². The predicted octanol–water partition coefficient (Wildman–Crippen LogP) is 2.72. The van der Waals surface area contributed by atoms with Crippen LogP contribution in [0.25, 0.3) is 0 Å². The lowest BCUT2D eigenvalue weighted by atomic mass is 10.2. The minimum atomic E-state index is -0.742. The lowest BCUT2D eigenvalue weighted by Gasteiger charge is -2.21. The number of methoxy groups -OCH3 is 1. The Morgan fingerprint density at radius 1 is 1.31 bits per heavy atom. The Balaban J connectivity index is 1.78. The fourth-order valence-electron chi connectivity index (χ4n) is 2.74. The molecule has 2 atom stereocenters. The van der Waals surface area contributed by atoms with Crippen LogP contribution < -0.4 is 0 Å². The van der Waals surface area contributed by atoms with Gasteiger partial charge >= 0.3 is 5.97 Å². The quantitative estimate of drug-likeness (QED) is 0.341. The minimum absolute atomic E-state index is 0.0322. The number of benzene rings is 1. The number of esters is 1. The van der Waals surface area contributed by atoms with Gasteiger partial charge in [-0.2, -0.15) is 0 Å². The number of hydrogen-bond donors (Lipinski definition) is 0. The van der Waals surface area contributed by atoms with Crippen LogP contribution in [0.4, 0.5) is 0 Å². The van der Waals surface area contributed by atoms with Crippen molar-refractivity contribution in [3.63, 3.8) is 0 Å². The van der Waals surface area contributed by atoms with E-state index in [0.717, 1.165) is 9.13 Å². The van der Waals surface area contributed by atoms with Crippen molar-refractivity contribution < 1.29 is 33.2 Å². The van der Waals surface area contributed by atoms with Gasteiger partial charge < -0.3 is 28.4 Å². The molecule has 0 spiro atoms. The summed E-state index contributed by atoms with van der Waals surface area (Å²) in [7, 11) is 1.50. The smallest absolute Gasteiger partial charge is 0.378 e. The van der Waals surface area contributed by atoms with Crippen LogP contribution in [0.15, 0.2) is 35.8 Å². The van der Waals surface area contributed by atoms with E-state index in [0.29, 0.717) is 0 Å². The average molecular weight is 476 g/mol. The molecule has 2 heterocycles. The molecule has 0 aliphatic carbocycles. The van der Waals surface area contributed by atoms with Gasteiger partial charge in [0.2, 0.25) is 5.76 Å². The SMILES string of the molecule is COCOC1=C(OCc2cccc(I)c2)C(=O)O[C@@H]1[C@@H]1COC(C)(C)O1. The molecule has 3 rings (SSSR count). The summed E-state index contributed by atoms with van der Waals surface area (Å²) in [5.41, 5.74) is 0.938. The highest BCUT2D eigenvalue weighted by Gasteiger charge is 2.48. The Morgan fingerprint density at radius 3 is 2.77 bits per heavy atom. The molecule has 2 aliphatic heterocycles. The Labute approximate surface area is 165 Å². The molecule has 0 aromatic heterocycles. The number of hydrogen-bond acceptors (Lipinski definition) is 7. The van der Waals surface area contributed by atoms with Gasteiger partial charge in [0.05, 0.1) is 6.61 Å². The van der Waals surface area contributed by atoms with Crippen molar-refractivity contribution in [1.29, 1.82) is 0 Å². The first kappa shape index (κ1) is 19.4. The Kier molecular flexibility index (Phi) is 6.06. The molecule has 7 nitrogen and oxygen atoms in total. The van der Waals surface area contributed by atoms with Crippen molar-refractivity contribution in [3.8, 4) is 0 Å². The van der Waals surface area contributed by atoms with Crippen molar-refractivity contribution in [2.45, 2.75) is 38.4 Å². The normalized spacial score (nSPS) is 24.7. The third-order valence-corrected chi connectivity index (χ3v) is 4.55. The first-order chi connectivity index (χ1) is 12.4. The zero-order chi connectivity index (χ0) is 18.7. The number of carbonyl (C=O) groups excluding carboxylic acids is 1. The maximum atomic E-state index is 12.3. The second-order valence-corrected chi connectivity index (χ2v) is 7.60. The van der Waals surface area contributed by atoms with Gasteiger partial charge in [-0.25, -0.2) is 4.79 Å². The molecule has 0 amide bonds. The van der Waals surface area contributed by atoms with E-state index in [4.69, 9.17) is 28.4 Å². The summed E-state index contributed by atoms with van der Waals surface area (Å²) in [5, 5.41) is 0. The van der Waals surface area contributed by atoms with E-state index in [2.05, 4.69) is 22.6 Å². The highest BCUT2D eigenvalue weighted by molar-refractivity contribution is 14.1. The first-order valence-corrected chi connectivity index (χ1v) is 9.23.